The van der Waals surface area contributed by atoms with E-state index in [1.165, 1.54) is 11.3 Å². The molecule has 0 aliphatic heterocycles. The molecule has 1 N–H and O–H groups in total. The van der Waals surface area contributed by atoms with E-state index in [2.05, 4.69) is 9.71 Å². The second-order valence-electron chi connectivity index (χ2n) is 5.50. The Labute approximate surface area is 136 Å². The van der Waals surface area contributed by atoms with Gasteiger partial charge in [-0.25, -0.2) is 18.1 Å². The molecule has 0 aliphatic carbocycles. The largest absolute Gasteiger partial charge is 0.245 e. The highest BCUT2D eigenvalue weighted by molar-refractivity contribution is 7.89. The molecule has 4 nitrogen and oxygen atoms in total. The summed E-state index contributed by atoms with van der Waals surface area (Å²) in [4.78, 5) is 4.39. The average Bonchev–Trinajstić information content (AvgIpc) is 2.91. The summed E-state index contributed by atoms with van der Waals surface area (Å²) in [6.45, 7) is 5.81. The molecule has 120 valence electrons. The van der Waals surface area contributed by atoms with Gasteiger partial charge in [-0.1, -0.05) is 44.2 Å². The van der Waals surface area contributed by atoms with Gasteiger partial charge < -0.3 is 0 Å². The van der Waals surface area contributed by atoms with Gasteiger partial charge >= 0.3 is 0 Å². The number of rotatable bonds is 7. The topological polar surface area (TPSA) is 59.1 Å². The smallest absolute Gasteiger partial charge is 0.212 e. The quantitative estimate of drug-likeness (QED) is 0.839. The lowest BCUT2D eigenvalue weighted by Crippen LogP contribution is -2.32. The van der Waals surface area contributed by atoms with Crippen LogP contribution >= 0.6 is 11.3 Å². The first-order valence-corrected chi connectivity index (χ1v) is 9.91. The Morgan fingerprint density at radius 2 is 1.95 bits per heavy atom. The number of hydrogen-bond donors (Lipinski definition) is 1. The van der Waals surface area contributed by atoms with Crippen LogP contribution in [0.2, 0.25) is 0 Å². The Morgan fingerprint density at radius 1 is 1.27 bits per heavy atom. The van der Waals surface area contributed by atoms with Crippen LogP contribution in [0.1, 0.15) is 48.5 Å². The molecule has 0 radical (unpaired) electrons. The van der Waals surface area contributed by atoms with Gasteiger partial charge in [0.05, 0.1) is 11.8 Å². The number of aryl methyl sites for hydroxylation is 1. The molecule has 1 aromatic heterocycles. The molecule has 0 aliphatic rings. The minimum Gasteiger partial charge on any atom is -0.245 e. The summed E-state index contributed by atoms with van der Waals surface area (Å²) in [6, 6.07) is 9.47. The lowest BCUT2D eigenvalue weighted by atomic mass is 10.0. The third-order valence-electron chi connectivity index (χ3n) is 3.50. The van der Waals surface area contributed by atoms with E-state index in [4.69, 9.17) is 0 Å². The number of aromatic nitrogens is 1. The van der Waals surface area contributed by atoms with Crippen LogP contribution < -0.4 is 4.72 Å². The first-order chi connectivity index (χ1) is 10.4. The van der Waals surface area contributed by atoms with Gasteiger partial charge in [-0.15, -0.1) is 11.3 Å². The number of thiazole rings is 1. The molecule has 6 heteroatoms. The van der Waals surface area contributed by atoms with Crippen molar-refractivity contribution in [3.8, 4) is 0 Å². The van der Waals surface area contributed by atoms with Crippen molar-refractivity contribution >= 4 is 21.4 Å². The molecule has 1 aromatic carbocycles. The number of sulfonamides is 1. The Kier molecular flexibility index (Phi) is 5.72. The molecule has 2 atom stereocenters. The number of hydrogen-bond acceptors (Lipinski definition) is 4. The molecule has 2 aromatic rings. The van der Waals surface area contributed by atoms with Gasteiger partial charge in [-0.05, 0) is 24.8 Å². The molecular weight excluding hydrogens is 316 g/mol. The summed E-state index contributed by atoms with van der Waals surface area (Å²) in [5.74, 6) is 0.0342. The van der Waals surface area contributed by atoms with Crippen LogP contribution in [-0.2, 0) is 10.0 Å². The standard InChI is InChI=1S/C16H22N2O2S2/c1-4-15(16-17-13(3)10-21-16)18-22(19,20)11-12(2)14-8-6-5-7-9-14/h5-10,12,15,18H,4,11H2,1-3H3/t12-,15+/m0/s1. The van der Waals surface area contributed by atoms with Gasteiger partial charge in [-0.3, -0.25) is 0 Å². The molecule has 1 heterocycles. The van der Waals surface area contributed by atoms with Crippen LogP contribution in [-0.4, -0.2) is 19.2 Å². The molecule has 0 saturated heterocycles. The molecule has 0 saturated carbocycles. The van der Waals surface area contributed by atoms with Crippen molar-refractivity contribution in [3.05, 3.63) is 52.0 Å². The Morgan fingerprint density at radius 3 is 2.50 bits per heavy atom. The van der Waals surface area contributed by atoms with Crippen molar-refractivity contribution in [2.75, 3.05) is 5.75 Å². The Bertz CT molecular complexity index is 696. The van der Waals surface area contributed by atoms with Crippen LogP contribution in [0.25, 0.3) is 0 Å². The van der Waals surface area contributed by atoms with Gasteiger partial charge in [-0.2, -0.15) is 0 Å². The summed E-state index contributed by atoms with van der Waals surface area (Å²) < 4.78 is 27.7. The fourth-order valence-electron chi connectivity index (χ4n) is 2.31. The van der Waals surface area contributed by atoms with Gasteiger partial charge in [0, 0.05) is 11.1 Å². The van der Waals surface area contributed by atoms with Crippen LogP contribution in [0.4, 0.5) is 0 Å². The van der Waals surface area contributed by atoms with Gasteiger partial charge in [0.15, 0.2) is 0 Å². The number of nitrogens with one attached hydrogen (secondary N) is 1. The van der Waals surface area contributed by atoms with Crippen LogP contribution in [0.5, 0.6) is 0 Å². The summed E-state index contributed by atoms with van der Waals surface area (Å²) in [7, 11) is -3.36. The monoisotopic (exact) mass is 338 g/mol. The van der Waals surface area contributed by atoms with Gasteiger partial charge in [0.2, 0.25) is 10.0 Å². The fraction of sp³-hybridized carbons (Fsp3) is 0.438. The van der Waals surface area contributed by atoms with E-state index in [-0.39, 0.29) is 17.7 Å². The lowest BCUT2D eigenvalue weighted by Gasteiger charge is -2.17. The molecule has 22 heavy (non-hydrogen) atoms. The normalized spacial score (nSPS) is 14.7. The maximum absolute atomic E-state index is 12.4. The zero-order valence-electron chi connectivity index (χ0n) is 13.1. The second-order valence-corrected chi connectivity index (χ2v) is 8.19. The Hall–Kier alpha value is -1.24. The summed E-state index contributed by atoms with van der Waals surface area (Å²) in [5.41, 5.74) is 1.96. The fourth-order valence-corrected chi connectivity index (χ4v) is 4.98. The van der Waals surface area contributed by atoms with Crippen LogP contribution in [0, 0.1) is 6.92 Å². The van der Waals surface area contributed by atoms with Gasteiger partial charge in [0.1, 0.15) is 5.01 Å². The molecule has 0 spiro atoms. The molecule has 2 rings (SSSR count). The van der Waals surface area contributed by atoms with Crippen molar-refractivity contribution in [3.63, 3.8) is 0 Å². The predicted octanol–water partition coefficient (Wildman–Crippen LogP) is 3.63. The minimum atomic E-state index is -3.36. The summed E-state index contributed by atoms with van der Waals surface area (Å²) in [5, 5.41) is 2.77. The van der Waals surface area contributed by atoms with Gasteiger partial charge in [0.25, 0.3) is 0 Å². The molecule has 0 amide bonds. The van der Waals surface area contributed by atoms with E-state index in [9.17, 15) is 8.42 Å². The molecule has 0 fully saturated rings. The predicted molar refractivity (Wildman–Crippen MR) is 91.7 cm³/mol. The van der Waals surface area contributed by atoms with Crippen LogP contribution in [0.3, 0.4) is 0 Å². The second kappa shape index (κ2) is 7.35. The third kappa shape index (κ3) is 4.63. The zero-order chi connectivity index (χ0) is 16.2. The lowest BCUT2D eigenvalue weighted by molar-refractivity contribution is 0.544. The van der Waals surface area contributed by atoms with E-state index < -0.39 is 10.0 Å². The van der Waals surface area contributed by atoms with E-state index in [1.807, 2.05) is 56.5 Å². The zero-order valence-corrected chi connectivity index (χ0v) is 14.7. The van der Waals surface area contributed by atoms with Crippen molar-refractivity contribution in [2.24, 2.45) is 0 Å². The maximum Gasteiger partial charge on any atom is 0.212 e. The third-order valence-corrected chi connectivity index (χ3v) is 6.16. The molecule has 0 unspecified atom stereocenters. The van der Waals surface area contributed by atoms with Crippen molar-refractivity contribution in [2.45, 2.75) is 39.2 Å². The van der Waals surface area contributed by atoms with E-state index in [0.717, 1.165) is 16.3 Å². The Balaban J connectivity index is 2.06. The number of nitrogens with zero attached hydrogens (tertiary/aromatic N) is 1. The van der Waals surface area contributed by atoms with E-state index in [0.29, 0.717) is 6.42 Å². The SMILES string of the molecule is CC[C@@H](NS(=O)(=O)C[C@H](C)c1ccccc1)c1nc(C)cs1. The van der Waals surface area contributed by atoms with E-state index >= 15 is 0 Å². The van der Waals surface area contributed by atoms with E-state index in [1.54, 1.807) is 0 Å². The highest BCUT2D eigenvalue weighted by Crippen LogP contribution is 2.23. The highest BCUT2D eigenvalue weighted by atomic mass is 32.2. The summed E-state index contributed by atoms with van der Waals surface area (Å²) in [6.07, 6.45) is 0.686. The van der Waals surface area contributed by atoms with Crippen molar-refractivity contribution < 1.29 is 8.42 Å². The van der Waals surface area contributed by atoms with Crippen LogP contribution in [0.15, 0.2) is 35.7 Å². The van der Waals surface area contributed by atoms with Crippen molar-refractivity contribution in [1.29, 1.82) is 0 Å². The maximum atomic E-state index is 12.4. The first-order valence-electron chi connectivity index (χ1n) is 7.38. The molecular formula is C16H22N2O2S2. The average molecular weight is 338 g/mol. The minimum absolute atomic E-state index is 0.0470. The van der Waals surface area contributed by atoms with Crippen molar-refractivity contribution in [1.82, 2.24) is 9.71 Å². The molecule has 0 bridgehead atoms. The first kappa shape index (κ1) is 17.1. The number of benzene rings is 1. The summed E-state index contributed by atoms with van der Waals surface area (Å²) >= 11 is 1.50. The highest BCUT2D eigenvalue weighted by Gasteiger charge is 2.23.